The first-order chi connectivity index (χ1) is 36.2. The van der Waals surface area contributed by atoms with Gasteiger partial charge in [-0.15, -0.1) is 0 Å². The molecular weight excluding hydrogens is 995 g/mol. The summed E-state index contributed by atoms with van der Waals surface area (Å²) in [4.78, 5) is 87.4. The van der Waals surface area contributed by atoms with Gasteiger partial charge in [-0.2, -0.15) is 0 Å². The van der Waals surface area contributed by atoms with Crippen LogP contribution in [-0.2, 0) is 43.6 Å². The van der Waals surface area contributed by atoms with E-state index in [0.29, 0.717) is 5.56 Å². The summed E-state index contributed by atoms with van der Waals surface area (Å²) in [5.74, 6) is -8.72. The molecule has 0 spiro atoms. The molecule has 1 atom stereocenters. The highest BCUT2D eigenvalue weighted by atomic mass is 16.6. The Morgan fingerprint density at radius 2 is 0.829 bits per heavy atom. The summed E-state index contributed by atoms with van der Waals surface area (Å²) in [7, 11) is 0. The Bertz CT molecular complexity index is 2640. The van der Waals surface area contributed by atoms with Gasteiger partial charge in [0, 0.05) is 25.7 Å². The summed E-state index contributed by atoms with van der Waals surface area (Å²) < 4.78 is 30.1. The molecule has 22 nitrogen and oxygen atoms in total. The minimum atomic E-state index is -1.37. The third kappa shape index (κ3) is 19.9. The predicted molar refractivity (Wildman–Crippen MR) is 270 cm³/mol. The standard InChI is InChI=1S/C54H59N3O19/c1-34-3-7-37(8-4-34)30-72-41-15-17-46(44(22-41)53(68)69)74-32-43(33-75-47-18-16-42(23-45(47)54(70)71)73-31-38-9-5-35(2)6-10-38)76-40-13-11-36(12-14-40)21-39(57(28-51(64)65)29-52(66)67)24-55(25-48(58)59)19-20-56(26-49(60)61)27-50(62)63/h3-18,22-23,39,43H,19-21,24-33H2,1-2H3,(H,58,59)(H,60,61)(H,62,63)(H,64,65)(H,66,67)(H,68,69)(H,70,71). The number of carboxylic acids is 7. The summed E-state index contributed by atoms with van der Waals surface area (Å²) in [5, 5.41) is 68.3. The van der Waals surface area contributed by atoms with Gasteiger partial charge < -0.3 is 59.4 Å². The molecule has 0 fully saturated rings. The van der Waals surface area contributed by atoms with Crippen LogP contribution in [0.2, 0.25) is 0 Å². The smallest absolute Gasteiger partial charge is 0.339 e. The van der Waals surface area contributed by atoms with E-state index in [4.69, 9.17) is 23.7 Å². The molecule has 5 aromatic rings. The molecule has 22 heteroatoms. The zero-order valence-corrected chi connectivity index (χ0v) is 41.6. The van der Waals surface area contributed by atoms with Crippen molar-refractivity contribution in [1.82, 2.24) is 14.7 Å². The van der Waals surface area contributed by atoms with Crippen molar-refractivity contribution in [2.24, 2.45) is 0 Å². The van der Waals surface area contributed by atoms with Gasteiger partial charge in [0.2, 0.25) is 0 Å². The van der Waals surface area contributed by atoms with Crippen LogP contribution in [0.25, 0.3) is 0 Å². The van der Waals surface area contributed by atoms with E-state index in [-0.39, 0.29) is 92.4 Å². The Hall–Kier alpha value is -8.73. The number of carbonyl (C=O) groups is 7. The van der Waals surface area contributed by atoms with Gasteiger partial charge in [0.05, 0.1) is 32.7 Å². The van der Waals surface area contributed by atoms with Crippen LogP contribution in [0.4, 0.5) is 0 Å². The van der Waals surface area contributed by atoms with Gasteiger partial charge in [-0.1, -0.05) is 71.8 Å². The maximum absolute atomic E-state index is 12.5. The molecular formula is C54H59N3O19. The minimum Gasteiger partial charge on any atom is -0.489 e. The first kappa shape index (κ1) is 58.2. The van der Waals surface area contributed by atoms with E-state index in [0.717, 1.165) is 32.1 Å². The van der Waals surface area contributed by atoms with Crippen molar-refractivity contribution in [3.63, 3.8) is 0 Å². The van der Waals surface area contributed by atoms with Crippen molar-refractivity contribution < 1.29 is 93.0 Å². The quantitative estimate of drug-likeness (QED) is 0.0285. The number of hydrogen-bond acceptors (Lipinski definition) is 15. The number of hydrogen-bond donors (Lipinski definition) is 7. The molecule has 0 saturated carbocycles. The lowest BCUT2D eigenvalue weighted by Crippen LogP contribution is -2.51. The van der Waals surface area contributed by atoms with Gasteiger partial charge in [0.25, 0.3) is 0 Å². The van der Waals surface area contributed by atoms with Crippen LogP contribution in [0.15, 0.2) is 109 Å². The predicted octanol–water partition coefficient (Wildman–Crippen LogP) is 5.00. The average Bonchev–Trinajstić information content (AvgIpc) is 3.35. The van der Waals surface area contributed by atoms with Crippen molar-refractivity contribution in [1.29, 1.82) is 0 Å². The van der Waals surface area contributed by atoms with Gasteiger partial charge in [-0.25, -0.2) is 9.59 Å². The number of carboxylic acid groups (broad SMARTS) is 7. The molecule has 0 saturated heterocycles. The lowest BCUT2D eigenvalue weighted by atomic mass is 10.0. The Kier molecular flexibility index (Phi) is 21.9. The molecule has 0 amide bonds. The van der Waals surface area contributed by atoms with Gasteiger partial charge >= 0.3 is 41.8 Å². The topological polar surface area (TPSA) is 317 Å². The number of aliphatic carboxylic acids is 5. The summed E-state index contributed by atoms with van der Waals surface area (Å²) in [6, 6.07) is 29.0. The summed E-state index contributed by atoms with van der Waals surface area (Å²) in [5.41, 5.74) is 3.89. The first-order valence-corrected chi connectivity index (χ1v) is 23.6. The zero-order chi connectivity index (χ0) is 55.3. The van der Waals surface area contributed by atoms with E-state index < -0.39 is 86.7 Å². The lowest BCUT2D eigenvalue weighted by molar-refractivity contribution is -0.144. The van der Waals surface area contributed by atoms with Crippen LogP contribution in [0.3, 0.4) is 0 Å². The van der Waals surface area contributed by atoms with Crippen molar-refractivity contribution in [2.75, 3.05) is 65.6 Å². The molecule has 404 valence electrons. The Morgan fingerprint density at radius 3 is 1.24 bits per heavy atom. The molecule has 0 bridgehead atoms. The molecule has 0 radical (unpaired) electrons. The second kappa shape index (κ2) is 28.6. The Labute approximate surface area is 436 Å². The molecule has 1 unspecified atom stereocenters. The molecule has 0 aliphatic carbocycles. The molecule has 76 heavy (non-hydrogen) atoms. The summed E-state index contributed by atoms with van der Waals surface area (Å²) in [6.45, 7) is -0.599. The van der Waals surface area contributed by atoms with Crippen LogP contribution in [-0.4, -0.2) is 170 Å². The number of ether oxygens (including phenoxy) is 5. The largest absolute Gasteiger partial charge is 0.489 e. The fraction of sp³-hybridized carbons (Fsp3) is 0.315. The van der Waals surface area contributed by atoms with Gasteiger partial charge in [-0.3, -0.25) is 38.7 Å². The van der Waals surface area contributed by atoms with Crippen LogP contribution >= 0.6 is 0 Å². The number of rotatable bonds is 34. The molecule has 0 aromatic heterocycles. The van der Waals surface area contributed by atoms with Gasteiger partial charge in [0.15, 0.2) is 6.10 Å². The van der Waals surface area contributed by atoms with Gasteiger partial charge in [0.1, 0.15) is 66.3 Å². The number of aryl methyl sites for hydroxylation is 2. The van der Waals surface area contributed by atoms with Crippen LogP contribution in [0.5, 0.6) is 28.7 Å². The molecule has 7 N–H and O–H groups in total. The lowest BCUT2D eigenvalue weighted by Gasteiger charge is -2.34. The summed E-state index contributed by atoms with van der Waals surface area (Å²) >= 11 is 0. The molecule has 0 heterocycles. The highest BCUT2D eigenvalue weighted by Gasteiger charge is 2.28. The molecule has 0 aliphatic heterocycles. The fourth-order valence-corrected chi connectivity index (χ4v) is 7.71. The van der Waals surface area contributed by atoms with E-state index in [9.17, 15) is 69.3 Å². The monoisotopic (exact) mass is 1050 g/mol. The summed E-state index contributed by atoms with van der Waals surface area (Å²) in [6.07, 6.45) is -1.11. The SMILES string of the molecule is Cc1ccc(COc2ccc(OCC(COc3ccc(OCc4ccc(C)cc4)cc3C(=O)O)Oc3ccc(CC(CN(CCN(CC(=O)O)CC(=O)O)CC(=O)O)N(CC(=O)O)CC(=O)O)cc3)c(C(=O)O)c2)cc1. The highest BCUT2D eigenvalue weighted by molar-refractivity contribution is 5.92. The van der Waals surface area contributed by atoms with E-state index in [2.05, 4.69) is 0 Å². The Morgan fingerprint density at radius 1 is 0.447 bits per heavy atom. The third-order valence-corrected chi connectivity index (χ3v) is 11.4. The maximum Gasteiger partial charge on any atom is 0.339 e. The van der Waals surface area contributed by atoms with E-state index in [1.807, 2.05) is 62.4 Å². The number of nitrogens with zero attached hydrogens (tertiary/aromatic N) is 3. The second-order valence-electron chi connectivity index (χ2n) is 17.7. The molecule has 5 aromatic carbocycles. The first-order valence-electron chi connectivity index (χ1n) is 23.6. The van der Waals surface area contributed by atoms with Gasteiger partial charge in [-0.05, 0) is 85.5 Å². The normalized spacial score (nSPS) is 11.6. The van der Waals surface area contributed by atoms with Crippen LogP contribution in [0, 0.1) is 13.8 Å². The maximum atomic E-state index is 12.5. The number of benzene rings is 5. The third-order valence-electron chi connectivity index (χ3n) is 11.4. The molecule has 0 aliphatic rings. The molecule has 5 rings (SSSR count). The van der Waals surface area contributed by atoms with Crippen LogP contribution < -0.4 is 23.7 Å². The minimum absolute atomic E-state index is 0.0489. The average molecular weight is 1050 g/mol. The second-order valence-corrected chi connectivity index (χ2v) is 17.7. The van der Waals surface area contributed by atoms with Crippen molar-refractivity contribution in [3.8, 4) is 28.7 Å². The van der Waals surface area contributed by atoms with E-state index >= 15 is 0 Å². The van der Waals surface area contributed by atoms with Crippen molar-refractivity contribution in [3.05, 3.63) is 148 Å². The number of aromatic carboxylic acids is 2. The van der Waals surface area contributed by atoms with Crippen molar-refractivity contribution >= 4 is 41.8 Å². The van der Waals surface area contributed by atoms with Crippen LogP contribution in [0.1, 0.15) is 48.5 Å². The Balaban J connectivity index is 1.40. The highest BCUT2D eigenvalue weighted by Crippen LogP contribution is 2.28. The fourth-order valence-electron chi connectivity index (χ4n) is 7.71. The van der Waals surface area contributed by atoms with E-state index in [1.165, 1.54) is 41.3 Å². The van der Waals surface area contributed by atoms with Crippen molar-refractivity contribution in [2.45, 2.75) is 45.6 Å². The zero-order valence-electron chi connectivity index (χ0n) is 41.6. The van der Waals surface area contributed by atoms with E-state index in [1.54, 1.807) is 24.3 Å².